The van der Waals surface area contributed by atoms with Gasteiger partial charge in [0.25, 0.3) is 0 Å². The van der Waals surface area contributed by atoms with E-state index in [9.17, 15) is 4.21 Å². The highest BCUT2D eigenvalue weighted by Crippen LogP contribution is 2.29. The van der Waals surface area contributed by atoms with Crippen LogP contribution >= 0.6 is 0 Å². The number of nitrogens with zero attached hydrogens (tertiary/aromatic N) is 1. The molecule has 2 N–H and O–H groups in total. The van der Waals surface area contributed by atoms with Crippen LogP contribution in [-0.2, 0) is 10.8 Å². The average Bonchev–Trinajstić information content (AvgIpc) is 2.53. The summed E-state index contributed by atoms with van der Waals surface area (Å²) in [5.41, 5.74) is 0.837. The van der Waals surface area contributed by atoms with Crippen LogP contribution in [0.5, 0.6) is 11.5 Å². The van der Waals surface area contributed by atoms with E-state index in [4.69, 9.17) is 9.47 Å². The first-order valence-corrected chi connectivity index (χ1v) is 9.29. The summed E-state index contributed by atoms with van der Waals surface area (Å²) in [6.07, 6.45) is 0. The summed E-state index contributed by atoms with van der Waals surface area (Å²) in [6, 6.07) is 5.57. The number of nitrogens with one attached hydrogen (secondary N) is 2. The fourth-order valence-electron chi connectivity index (χ4n) is 1.90. The van der Waals surface area contributed by atoms with Crippen LogP contribution < -0.4 is 20.1 Å². The first kappa shape index (κ1) is 20.3. The highest BCUT2D eigenvalue weighted by atomic mass is 32.2. The second kappa shape index (κ2) is 9.52. The van der Waals surface area contributed by atoms with Crippen molar-refractivity contribution in [2.45, 2.75) is 32.4 Å². The van der Waals surface area contributed by atoms with E-state index < -0.39 is 10.8 Å². The third-order valence-electron chi connectivity index (χ3n) is 3.22. The number of methoxy groups -OCH3 is 2. The molecule has 6 nitrogen and oxygen atoms in total. The molecule has 1 unspecified atom stereocenters. The van der Waals surface area contributed by atoms with E-state index in [-0.39, 0.29) is 4.75 Å². The van der Waals surface area contributed by atoms with Gasteiger partial charge in [-0.15, -0.1) is 0 Å². The van der Waals surface area contributed by atoms with Gasteiger partial charge in [0.15, 0.2) is 17.5 Å². The summed E-state index contributed by atoms with van der Waals surface area (Å²) in [5.74, 6) is 2.50. The van der Waals surface area contributed by atoms with Crippen LogP contribution in [-0.4, -0.2) is 48.0 Å². The first-order chi connectivity index (χ1) is 11.3. The number of ether oxygens (including phenoxy) is 2. The third kappa shape index (κ3) is 6.39. The maximum absolute atomic E-state index is 12.1. The number of hydrogen-bond donors (Lipinski definition) is 2. The highest BCUT2D eigenvalue weighted by molar-refractivity contribution is 7.86. The molecule has 0 spiro atoms. The second-order valence-electron chi connectivity index (χ2n) is 6.12. The summed E-state index contributed by atoms with van der Waals surface area (Å²) in [7, 11) is 2.29. The van der Waals surface area contributed by atoms with Crippen LogP contribution in [0.2, 0.25) is 0 Å². The van der Waals surface area contributed by atoms with Crippen molar-refractivity contribution in [2.75, 3.05) is 38.4 Å². The molecule has 0 saturated carbocycles. The second-order valence-corrected chi connectivity index (χ2v) is 8.44. The van der Waals surface area contributed by atoms with Crippen molar-refractivity contribution in [1.82, 2.24) is 5.32 Å². The molecule has 0 saturated heterocycles. The molecule has 24 heavy (non-hydrogen) atoms. The number of hydrogen-bond acceptors (Lipinski definition) is 4. The Bertz CT molecular complexity index is 583. The fraction of sp³-hybridized carbons (Fsp3) is 0.588. The van der Waals surface area contributed by atoms with Crippen LogP contribution in [0, 0.1) is 0 Å². The van der Waals surface area contributed by atoms with E-state index in [1.54, 1.807) is 14.2 Å². The molecule has 0 heterocycles. The Morgan fingerprint density at radius 3 is 2.42 bits per heavy atom. The van der Waals surface area contributed by atoms with E-state index >= 15 is 0 Å². The van der Waals surface area contributed by atoms with Gasteiger partial charge in [-0.3, -0.25) is 9.20 Å². The predicted octanol–water partition coefficient (Wildman–Crippen LogP) is 2.63. The van der Waals surface area contributed by atoms with Crippen LogP contribution in [0.15, 0.2) is 23.2 Å². The minimum absolute atomic E-state index is 0.218. The van der Waals surface area contributed by atoms with Gasteiger partial charge in [-0.1, -0.05) is 0 Å². The molecule has 1 aromatic carbocycles. The van der Waals surface area contributed by atoms with E-state index in [0.29, 0.717) is 29.8 Å². The summed E-state index contributed by atoms with van der Waals surface area (Å²) in [6.45, 7) is 9.15. The lowest BCUT2D eigenvalue weighted by Crippen LogP contribution is -2.32. The van der Waals surface area contributed by atoms with E-state index in [0.717, 1.165) is 12.2 Å². The molecule has 0 aliphatic carbocycles. The van der Waals surface area contributed by atoms with Gasteiger partial charge >= 0.3 is 0 Å². The quantitative estimate of drug-likeness (QED) is 0.581. The van der Waals surface area contributed by atoms with Crippen LogP contribution in [0.25, 0.3) is 0 Å². The molecule has 1 atom stereocenters. The van der Waals surface area contributed by atoms with Crippen molar-refractivity contribution in [2.24, 2.45) is 4.99 Å². The molecule has 7 heteroatoms. The van der Waals surface area contributed by atoms with Gasteiger partial charge in [0, 0.05) is 39.6 Å². The minimum Gasteiger partial charge on any atom is -0.493 e. The molecule has 0 aliphatic rings. The Balaban J connectivity index is 2.78. The number of rotatable bonds is 7. The van der Waals surface area contributed by atoms with E-state index in [1.807, 2.05) is 45.9 Å². The molecule has 0 aromatic heterocycles. The molecule has 136 valence electrons. The summed E-state index contributed by atoms with van der Waals surface area (Å²) >= 11 is 0. The lowest BCUT2D eigenvalue weighted by molar-refractivity contribution is 0.355. The zero-order valence-corrected chi connectivity index (χ0v) is 16.3. The number of anilines is 1. The van der Waals surface area contributed by atoms with Crippen LogP contribution in [0.1, 0.15) is 27.7 Å². The smallest absolute Gasteiger partial charge is 0.195 e. The van der Waals surface area contributed by atoms with Crippen molar-refractivity contribution >= 4 is 22.4 Å². The van der Waals surface area contributed by atoms with Crippen molar-refractivity contribution < 1.29 is 13.7 Å². The Morgan fingerprint density at radius 1 is 1.21 bits per heavy atom. The zero-order chi connectivity index (χ0) is 18.2. The van der Waals surface area contributed by atoms with Gasteiger partial charge in [-0.25, -0.2) is 0 Å². The Labute approximate surface area is 147 Å². The van der Waals surface area contributed by atoms with Crippen molar-refractivity contribution in [3.8, 4) is 11.5 Å². The largest absolute Gasteiger partial charge is 0.493 e. The molecule has 1 aromatic rings. The molecule has 0 amide bonds. The molecule has 0 radical (unpaired) electrons. The van der Waals surface area contributed by atoms with Gasteiger partial charge in [0.2, 0.25) is 0 Å². The van der Waals surface area contributed by atoms with Gasteiger partial charge < -0.3 is 20.1 Å². The van der Waals surface area contributed by atoms with E-state index in [1.165, 1.54) is 0 Å². The van der Waals surface area contributed by atoms with Gasteiger partial charge in [0.05, 0.1) is 20.8 Å². The molecule has 0 fully saturated rings. The highest BCUT2D eigenvalue weighted by Gasteiger charge is 2.18. The Hall–Kier alpha value is -1.76. The Kier molecular flexibility index (Phi) is 8.04. The average molecular weight is 356 g/mol. The molecular formula is C17H29N3O3S. The molecular weight excluding hydrogens is 326 g/mol. The molecule has 0 aliphatic heterocycles. The van der Waals surface area contributed by atoms with Crippen LogP contribution in [0.4, 0.5) is 5.69 Å². The minimum atomic E-state index is -0.913. The van der Waals surface area contributed by atoms with Gasteiger partial charge in [-0.05, 0) is 39.8 Å². The SMILES string of the molecule is CCNC(=NCCS(=O)C(C)(C)C)Nc1ccc(OC)c(OC)c1. The molecule has 1 rings (SSSR count). The maximum atomic E-state index is 12.1. The summed E-state index contributed by atoms with van der Waals surface area (Å²) in [5, 5.41) is 6.40. The van der Waals surface area contributed by atoms with Crippen molar-refractivity contribution in [3.63, 3.8) is 0 Å². The van der Waals surface area contributed by atoms with Crippen LogP contribution in [0.3, 0.4) is 0 Å². The topological polar surface area (TPSA) is 72.0 Å². The summed E-state index contributed by atoms with van der Waals surface area (Å²) in [4.78, 5) is 4.49. The monoisotopic (exact) mass is 355 g/mol. The van der Waals surface area contributed by atoms with E-state index in [2.05, 4.69) is 15.6 Å². The standard InChI is InChI=1S/C17H29N3O3S/c1-7-18-16(19-10-11-24(21)17(2,3)4)20-13-8-9-14(22-5)15(12-13)23-6/h8-9,12H,7,10-11H2,1-6H3,(H2,18,19,20). The zero-order valence-electron chi connectivity index (χ0n) is 15.4. The Morgan fingerprint density at radius 2 is 1.88 bits per heavy atom. The summed E-state index contributed by atoms with van der Waals surface area (Å²) < 4.78 is 22.4. The number of benzene rings is 1. The fourth-order valence-corrected chi connectivity index (χ4v) is 2.77. The van der Waals surface area contributed by atoms with Crippen molar-refractivity contribution in [1.29, 1.82) is 0 Å². The predicted molar refractivity (Wildman–Crippen MR) is 102 cm³/mol. The normalized spacial score (nSPS) is 13.3. The lowest BCUT2D eigenvalue weighted by Gasteiger charge is -2.17. The lowest BCUT2D eigenvalue weighted by atomic mass is 10.3. The number of aliphatic imine (C=N–C) groups is 1. The maximum Gasteiger partial charge on any atom is 0.195 e. The van der Waals surface area contributed by atoms with Gasteiger partial charge in [-0.2, -0.15) is 0 Å². The van der Waals surface area contributed by atoms with Gasteiger partial charge in [0.1, 0.15) is 0 Å². The molecule has 0 bridgehead atoms. The third-order valence-corrected chi connectivity index (χ3v) is 5.14. The first-order valence-electron chi connectivity index (χ1n) is 7.97. The number of guanidine groups is 1. The van der Waals surface area contributed by atoms with Crippen molar-refractivity contribution in [3.05, 3.63) is 18.2 Å².